The minimum atomic E-state index is -1.23. The van der Waals surface area contributed by atoms with Crippen LogP contribution in [0.2, 0.25) is 0 Å². The summed E-state index contributed by atoms with van der Waals surface area (Å²) in [6, 6.07) is 0. The highest BCUT2D eigenvalue weighted by Crippen LogP contribution is 1.94. The molecular formula is C16H33N3O12S. The van der Waals surface area contributed by atoms with Gasteiger partial charge < -0.3 is 46.6 Å². The Morgan fingerprint density at radius 1 is 0.656 bits per heavy atom. The first-order chi connectivity index (χ1) is 14.8. The standard InChI is InChI=1S/C10H16N2O8.C4H11NO3.C2H6OS/c13-7(14)3-11(4-8(15)16)1-2-12(5-9(17)18)6-10(19)20;5-4(1-6,2-7)3-8;3-1-2-4/h1-6H2,(H,13,14)(H,15,16)(H,17,18)(H,19,20);6-8H,1-3,5H2;3-4H,1-2H2. The van der Waals surface area contributed by atoms with E-state index in [1.807, 2.05) is 0 Å². The first-order valence-corrected chi connectivity index (χ1v) is 9.59. The van der Waals surface area contributed by atoms with Crippen molar-refractivity contribution in [2.24, 2.45) is 5.73 Å². The number of thiol groups is 1. The Morgan fingerprint density at radius 3 is 0.969 bits per heavy atom. The van der Waals surface area contributed by atoms with Crippen molar-refractivity contribution >= 4 is 36.5 Å². The van der Waals surface area contributed by atoms with Crippen LogP contribution in [0.4, 0.5) is 0 Å². The van der Waals surface area contributed by atoms with E-state index in [1.54, 1.807) is 0 Å². The summed E-state index contributed by atoms with van der Waals surface area (Å²) in [5, 5.41) is 67.3. The predicted molar refractivity (Wildman–Crippen MR) is 113 cm³/mol. The molecule has 16 heteroatoms. The maximum Gasteiger partial charge on any atom is 0.317 e. The summed E-state index contributed by atoms with van der Waals surface area (Å²) in [5.41, 5.74) is 3.94. The Morgan fingerprint density at radius 2 is 0.875 bits per heavy atom. The highest BCUT2D eigenvalue weighted by molar-refractivity contribution is 7.80. The lowest BCUT2D eigenvalue weighted by molar-refractivity contribution is -0.145. The van der Waals surface area contributed by atoms with E-state index in [4.69, 9.17) is 46.6 Å². The lowest BCUT2D eigenvalue weighted by Crippen LogP contribution is -2.50. The van der Waals surface area contributed by atoms with E-state index in [0.717, 1.165) is 9.80 Å². The molecule has 0 aliphatic carbocycles. The van der Waals surface area contributed by atoms with Gasteiger partial charge >= 0.3 is 23.9 Å². The summed E-state index contributed by atoms with van der Waals surface area (Å²) in [7, 11) is 0. The fourth-order valence-electron chi connectivity index (χ4n) is 1.63. The minimum absolute atomic E-state index is 0.0703. The second-order valence-electron chi connectivity index (χ2n) is 6.28. The molecule has 0 aromatic carbocycles. The average Bonchev–Trinajstić information content (AvgIpc) is 2.70. The fourth-order valence-corrected chi connectivity index (χ4v) is 1.63. The molecule has 0 atom stereocenters. The molecule has 0 fully saturated rings. The molecule has 0 saturated carbocycles. The first kappa shape index (κ1) is 34.6. The number of nitrogens with two attached hydrogens (primary N) is 1. The predicted octanol–water partition coefficient (Wildman–Crippen LogP) is -4.50. The van der Waals surface area contributed by atoms with Crippen LogP contribution in [0.15, 0.2) is 0 Å². The van der Waals surface area contributed by atoms with Crippen molar-refractivity contribution in [1.82, 2.24) is 9.80 Å². The van der Waals surface area contributed by atoms with Gasteiger partial charge in [0.25, 0.3) is 0 Å². The quantitative estimate of drug-likeness (QED) is 0.0967. The Kier molecular flexibility index (Phi) is 22.5. The van der Waals surface area contributed by atoms with E-state index >= 15 is 0 Å². The number of carboxylic acids is 4. The monoisotopic (exact) mass is 491 g/mol. The van der Waals surface area contributed by atoms with Crippen LogP contribution in [0.3, 0.4) is 0 Å². The SMILES string of the molecule is NC(CO)(CO)CO.O=C(O)CN(CCN(CC(=O)O)CC(=O)O)CC(=O)O.OCCS. The van der Waals surface area contributed by atoms with Gasteiger partial charge in [-0.15, -0.1) is 0 Å². The number of carboxylic acid groups (broad SMARTS) is 4. The smallest absolute Gasteiger partial charge is 0.317 e. The minimum Gasteiger partial charge on any atom is -0.480 e. The zero-order chi connectivity index (χ0) is 25.7. The molecule has 32 heavy (non-hydrogen) atoms. The van der Waals surface area contributed by atoms with Crippen LogP contribution in [0, 0.1) is 0 Å². The van der Waals surface area contributed by atoms with E-state index in [9.17, 15) is 19.2 Å². The lowest BCUT2D eigenvalue weighted by atomic mass is 10.1. The Bertz CT molecular complexity index is 470. The summed E-state index contributed by atoms with van der Waals surface area (Å²) in [6.07, 6.45) is 0. The van der Waals surface area contributed by atoms with Crippen molar-refractivity contribution in [3.8, 4) is 0 Å². The summed E-state index contributed by atoms with van der Waals surface area (Å²) >= 11 is 3.67. The van der Waals surface area contributed by atoms with E-state index in [1.165, 1.54) is 0 Å². The number of nitrogens with zero attached hydrogens (tertiary/aromatic N) is 2. The molecular weight excluding hydrogens is 458 g/mol. The summed E-state index contributed by atoms with van der Waals surface area (Å²) < 4.78 is 0. The Balaban J connectivity index is -0.000000575. The molecule has 0 aromatic rings. The topological polar surface area (TPSA) is 263 Å². The number of rotatable bonds is 15. The van der Waals surface area contributed by atoms with Gasteiger partial charge in [0.05, 0.1) is 58.1 Å². The third-order valence-electron chi connectivity index (χ3n) is 3.21. The number of carbonyl (C=O) groups is 4. The van der Waals surface area contributed by atoms with Crippen molar-refractivity contribution in [3.63, 3.8) is 0 Å². The second kappa shape index (κ2) is 20.8. The van der Waals surface area contributed by atoms with Crippen LogP contribution in [0.5, 0.6) is 0 Å². The third kappa shape index (κ3) is 24.2. The van der Waals surface area contributed by atoms with Crippen molar-refractivity contribution in [2.45, 2.75) is 5.54 Å². The molecule has 0 bridgehead atoms. The van der Waals surface area contributed by atoms with Gasteiger partial charge in [-0.3, -0.25) is 29.0 Å². The summed E-state index contributed by atoms with van der Waals surface area (Å²) in [6.45, 7) is -3.28. The maximum absolute atomic E-state index is 10.6. The largest absolute Gasteiger partial charge is 0.480 e. The van der Waals surface area contributed by atoms with Crippen LogP contribution >= 0.6 is 12.6 Å². The van der Waals surface area contributed by atoms with Crippen LogP contribution < -0.4 is 5.73 Å². The van der Waals surface area contributed by atoms with Crippen molar-refractivity contribution < 1.29 is 60.0 Å². The van der Waals surface area contributed by atoms with E-state index < -0.39 is 75.4 Å². The Labute approximate surface area is 189 Å². The van der Waals surface area contributed by atoms with Crippen molar-refractivity contribution in [1.29, 1.82) is 0 Å². The lowest BCUT2D eigenvalue weighted by Gasteiger charge is -2.23. The molecule has 190 valence electrons. The van der Waals surface area contributed by atoms with Gasteiger partial charge in [-0.2, -0.15) is 12.6 Å². The summed E-state index contributed by atoms with van der Waals surface area (Å²) in [4.78, 5) is 44.4. The van der Waals surface area contributed by atoms with Gasteiger partial charge in [0.2, 0.25) is 0 Å². The number of hydrogen-bond donors (Lipinski definition) is 10. The maximum atomic E-state index is 10.6. The molecule has 0 aliphatic heterocycles. The zero-order valence-electron chi connectivity index (χ0n) is 17.4. The van der Waals surface area contributed by atoms with Crippen LogP contribution in [-0.2, 0) is 19.2 Å². The highest BCUT2D eigenvalue weighted by atomic mass is 32.1. The molecule has 0 aromatic heterocycles. The molecule has 0 spiro atoms. The normalized spacial score (nSPS) is 10.6. The first-order valence-electron chi connectivity index (χ1n) is 8.95. The van der Waals surface area contributed by atoms with E-state index in [2.05, 4.69) is 12.6 Å². The molecule has 0 saturated heterocycles. The van der Waals surface area contributed by atoms with Gasteiger partial charge in [0, 0.05) is 18.8 Å². The molecule has 0 unspecified atom stereocenters. The van der Waals surface area contributed by atoms with Crippen LogP contribution in [0.25, 0.3) is 0 Å². The summed E-state index contributed by atoms with van der Waals surface area (Å²) in [5.74, 6) is -4.34. The molecule has 15 nitrogen and oxygen atoms in total. The number of aliphatic hydroxyl groups is 4. The van der Waals surface area contributed by atoms with Gasteiger partial charge in [0.1, 0.15) is 0 Å². The van der Waals surface area contributed by atoms with Crippen molar-refractivity contribution in [3.05, 3.63) is 0 Å². The highest BCUT2D eigenvalue weighted by Gasteiger charge is 2.21. The van der Waals surface area contributed by atoms with Crippen LogP contribution in [0.1, 0.15) is 0 Å². The molecule has 0 heterocycles. The fraction of sp³-hybridized carbons (Fsp3) is 0.750. The van der Waals surface area contributed by atoms with Gasteiger partial charge in [0.15, 0.2) is 0 Å². The van der Waals surface area contributed by atoms with Gasteiger partial charge in [-0.25, -0.2) is 0 Å². The molecule has 0 amide bonds. The second-order valence-corrected chi connectivity index (χ2v) is 6.73. The molecule has 0 rings (SSSR count). The molecule has 0 radical (unpaired) electrons. The Hall–Kier alpha value is -2.05. The van der Waals surface area contributed by atoms with Crippen molar-refractivity contribution in [2.75, 3.05) is 71.4 Å². The number of aliphatic hydroxyl groups excluding tert-OH is 4. The van der Waals surface area contributed by atoms with Gasteiger partial charge in [-0.05, 0) is 0 Å². The van der Waals surface area contributed by atoms with Gasteiger partial charge in [-0.1, -0.05) is 0 Å². The van der Waals surface area contributed by atoms with Crippen LogP contribution in [-0.4, -0.2) is 152 Å². The molecule has 10 N–H and O–H groups in total. The van der Waals surface area contributed by atoms with E-state index in [-0.39, 0.29) is 19.7 Å². The van der Waals surface area contributed by atoms with E-state index in [0.29, 0.717) is 5.75 Å². The number of hydrogen-bond acceptors (Lipinski definition) is 12. The number of aliphatic carboxylic acids is 4. The third-order valence-corrected chi connectivity index (χ3v) is 3.41. The molecule has 0 aliphatic rings. The average molecular weight is 492 g/mol. The zero-order valence-corrected chi connectivity index (χ0v) is 18.3.